The molecule has 1 fully saturated rings. The molecule has 11 heteroatoms. The minimum Gasteiger partial charge on any atom is -0.465 e. The lowest BCUT2D eigenvalue weighted by Gasteiger charge is -2.37. The fraction of sp³-hybridized carbons (Fsp3) is 0.267. The highest BCUT2D eigenvalue weighted by molar-refractivity contribution is 6.31. The van der Waals surface area contributed by atoms with Gasteiger partial charge in [-0.3, -0.25) is 9.59 Å². The Bertz CT molecular complexity index is 1550. The van der Waals surface area contributed by atoms with E-state index in [2.05, 4.69) is 16.9 Å². The van der Waals surface area contributed by atoms with E-state index in [4.69, 9.17) is 27.9 Å². The van der Waals surface area contributed by atoms with Crippen molar-refractivity contribution in [1.29, 1.82) is 0 Å². The second-order valence-corrected chi connectivity index (χ2v) is 10.8. The summed E-state index contributed by atoms with van der Waals surface area (Å²) < 4.78 is 22.4. The number of carbonyl (C=O) groups excluding carboxylic acids is 3. The number of benzene rings is 2. The van der Waals surface area contributed by atoms with Crippen molar-refractivity contribution in [3.63, 3.8) is 0 Å². The van der Waals surface area contributed by atoms with Crippen LogP contribution in [0.3, 0.4) is 0 Å². The Balaban J connectivity index is 1.63. The van der Waals surface area contributed by atoms with Gasteiger partial charge in [0.15, 0.2) is 0 Å². The molecule has 41 heavy (non-hydrogen) atoms. The number of nitrogens with one attached hydrogen (secondary N) is 1. The number of nitrogens with zero attached hydrogens (tertiary/aromatic N) is 3. The number of rotatable bonds is 10. The number of likely N-dealkylation sites (tertiary alicyclic amines) is 1. The van der Waals surface area contributed by atoms with Gasteiger partial charge in [-0.25, -0.2) is 14.2 Å². The highest BCUT2D eigenvalue weighted by Gasteiger charge is 2.56. The van der Waals surface area contributed by atoms with Crippen molar-refractivity contribution in [3.8, 4) is 0 Å². The van der Waals surface area contributed by atoms with Crippen LogP contribution in [-0.2, 0) is 20.9 Å². The molecule has 3 aromatic rings. The van der Waals surface area contributed by atoms with E-state index in [0.717, 1.165) is 5.52 Å². The fourth-order valence-electron chi connectivity index (χ4n) is 5.24. The largest absolute Gasteiger partial charge is 0.465 e. The predicted molar refractivity (Wildman–Crippen MR) is 157 cm³/mol. The lowest BCUT2D eigenvalue weighted by Crippen LogP contribution is -2.56. The Morgan fingerprint density at radius 1 is 1.29 bits per heavy atom. The predicted octanol–water partition coefficient (Wildman–Crippen LogP) is 6.27. The Labute approximate surface area is 247 Å². The molecule has 8 nitrogen and oxygen atoms in total. The van der Waals surface area contributed by atoms with E-state index in [9.17, 15) is 14.4 Å². The molecule has 4 rings (SSSR count). The number of hydrogen-bond acceptors (Lipinski definition) is 5. The van der Waals surface area contributed by atoms with Crippen LogP contribution in [0, 0.1) is 5.92 Å². The maximum absolute atomic E-state index is 15.7. The highest BCUT2D eigenvalue weighted by atomic mass is 35.5. The number of imidazole rings is 1. The van der Waals surface area contributed by atoms with Crippen LogP contribution in [-0.4, -0.2) is 51.4 Å². The molecule has 0 aliphatic carbocycles. The molecule has 214 valence electrons. The molecule has 1 unspecified atom stereocenters. The van der Waals surface area contributed by atoms with E-state index in [0.29, 0.717) is 41.2 Å². The molecule has 2 heterocycles. The number of methoxy groups -OCH3 is 1. The molecule has 3 atom stereocenters. The Kier molecular flexibility index (Phi) is 9.30. The minimum absolute atomic E-state index is 0.204. The molecule has 1 N–H and O–H groups in total. The van der Waals surface area contributed by atoms with Gasteiger partial charge in [0.25, 0.3) is 5.91 Å². The highest BCUT2D eigenvalue weighted by Crippen LogP contribution is 2.45. The van der Waals surface area contributed by atoms with Gasteiger partial charge >= 0.3 is 5.97 Å². The monoisotopic (exact) mass is 598 g/mol. The fourth-order valence-corrected chi connectivity index (χ4v) is 5.51. The third-order valence-corrected chi connectivity index (χ3v) is 7.74. The molecule has 1 saturated heterocycles. The first kappa shape index (κ1) is 30.0. The molecule has 2 aromatic carbocycles. The van der Waals surface area contributed by atoms with Gasteiger partial charge < -0.3 is 19.5 Å². The van der Waals surface area contributed by atoms with Gasteiger partial charge in [0.05, 0.1) is 30.0 Å². The van der Waals surface area contributed by atoms with Crippen molar-refractivity contribution in [1.82, 2.24) is 14.5 Å². The van der Waals surface area contributed by atoms with Crippen molar-refractivity contribution in [2.45, 2.75) is 37.9 Å². The van der Waals surface area contributed by atoms with Crippen LogP contribution in [0.5, 0.6) is 0 Å². The van der Waals surface area contributed by atoms with Gasteiger partial charge in [-0.15, -0.1) is 0 Å². The molecule has 0 spiro atoms. The van der Waals surface area contributed by atoms with Gasteiger partial charge in [-0.2, -0.15) is 0 Å². The average Bonchev–Trinajstić information content (AvgIpc) is 3.48. The van der Waals surface area contributed by atoms with Gasteiger partial charge in [0, 0.05) is 34.2 Å². The maximum atomic E-state index is 15.7. The lowest BCUT2D eigenvalue weighted by atomic mass is 9.84. The van der Waals surface area contributed by atoms with Crippen molar-refractivity contribution in [2.75, 3.05) is 12.4 Å². The molecular formula is C30H29Cl2FN4O4. The number of carbonyl (C=O) groups is 3. The molecular weight excluding hydrogens is 570 g/mol. The van der Waals surface area contributed by atoms with Gasteiger partial charge in [-0.05, 0) is 68.3 Å². The van der Waals surface area contributed by atoms with E-state index < -0.39 is 35.2 Å². The number of aryl methyl sites for hydroxylation is 1. The van der Waals surface area contributed by atoms with Gasteiger partial charge in [0.1, 0.15) is 11.4 Å². The van der Waals surface area contributed by atoms with Crippen LogP contribution in [0.2, 0.25) is 5.02 Å². The average molecular weight is 599 g/mol. The Morgan fingerprint density at radius 2 is 2.07 bits per heavy atom. The molecule has 1 aliphatic heterocycles. The van der Waals surface area contributed by atoms with Crippen molar-refractivity contribution in [2.24, 2.45) is 5.92 Å². The van der Waals surface area contributed by atoms with E-state index in [1.165, 1.54) is 30.2 Å². The minimum atomic E-state index is -1.55. The zero-order chi connectivity index (χ0) is 29.7. The summed E-state index contributed by atoms with van der Waals surface area (Å²) in [6, 6.07) is 11.2. The number of hydrogen-bond donors (Lipinski definition) is 1. The normalized spacial score (nSPS) is 20.9. The summed E-state index contributed by atoms with van der Waals surface area (Å²) >= 11 is 11.9. The SMILES string of the molecule is C=C(Cl)/C=C\C=C(/F)C1C[C@H](CCn2cnc3cc(C(=O)OC)ccc32)N(C=O)[C@@]1(C)C(=O)Nc1cccc(Cl)c1. The van der Waals surface area contributed by atoms with E-state index in [-0.39, 0.29) is 11.5 Å². The molecule has 1 aliphatic rings. The number of allylic oxidation sites excluding steroid dienone is 4. The van der Waals surface area contributed by atoms with Crippen molar-refractivity contribution < 1.29 is 23.5 Å². The van der Waals surface area contributed by atoms with Crippen LogP contribution in [0.4, 0.5) is 10.1 Å². The number of fused-ring (bicyclic) bond motifs is 1. The van der Waals surface area contributed by atoms with Crippen LogP contribution in [0.1, 0.15) is 30.1 Å². The summed E-state index contributed by atoms with van der Waals surface area (Å²) in [4.78, 5) is 43.9. The number of amides is 2. The quantitative estimate of drug-likeness (QED) is 0.168. The van der Waals surface area contributed by atoms with Crippen molar-refractivity contribution >= 4 is 58.2 Å². The zero-order valence-corrected chi connectivity index (χ0v) is 24.0. The molecule has 0 bridgehead atoms. The number of esters is 1. The second kappa shape index (κ2) is 12.7. The number of aromatic nitrogens is 2. The van der Waals surface area contributed by atoms with Crippen molar-refractivity contribution in [3.05, 3.63) is 95.0 Å². The summed E-state index contributed by atoms with van der Waals surface area (Å²) in [7, 11) is 1.31. The lowest BCUT2D eigenvalue weighted by molar-refractivity contribution is -0.136. The van der Waals surface area contributed by atoms with Crippen LogP contribution < -0.4 is 5.32 Å². The summed E-state index contributed by atoms with van der Waals surface area (Å²) in [6.07, 6.45) is 6.94. The van der Waals surface area contributed by atoms with E-state index in [1.54, 1.807) is 55.7 Å². The number of halogens is 3. The number of anilines is 1. The van der Waals surface area contributed by atoms with Gasteiger partial charge in [0.2, 0.25) is 6.41 Å². The molecule has 1 aromatic heterocycles. The van der Waals surface area contributed by atoms with Crippen LogP contribution >= 0.6 is 23.2 Å². The summed E-state index contributed by atoms with van der Waals surface area (Å²) in [5, 5.41) is 3.44. The second-order valence-electron chi connectivity index (χ2n) is 9.85. The van der Waals surface area contributed by atoms with E-state index in [1.807, 2.05) is 4.57 Å². The first-order valence-electron chi connectivity index (χ1n) is 12.8. The smallest absolute Gasteiger partial charge is 0.337 e. The van der Waals surface area contributed by atoms with Crippen LogP contribution in [0.25, 0.3) is 11.0 Å². The molecule has 0 radical (unpaired) electrons. The topological polar surface area (TPSA) is 93.5 Å². The van der Waals surface area contributed by atoms with Crippen LogP contribution in [0.15, 0.2) is 84.5 Å². The molecule has 0 saturated carbocycles. The zero-order valence-electron chi connectivity index (χ0n) is 22.5. The third kappa shape index (κ3) is 6.36. The summed E-state index contributed by atoms with van der Waals surface area (Å²) in [5.41, 5.74) is 0.649. The third-order valence-electron chi connectivity index (χ3n) is 7.38. The number of ether oxygens (including phenoxy) is 1. The summed E-state index contributed by atoms with van der Waals surface area (Å²) in [5.74, 6) is -2.51. The summed E-state index contributed by atoms with van der Waals surface area (Å²) in [6.45, 7) is 5.54. The maximum Gasteiger partial charge on any atom is 0.337 e. The standard InChI is InChI=1S/C30H29Cl2FN4O4/c1-19(31)6-4-9-25(33)24-16-23(12-13-36-17-34-26-14-20(28(39)41-3)10-11-27(26)36)37(18-38)30(24,2)29(40)35-22-8-5-7-21(32)15-22/h4-11,14-15,17-18,23-24H,1,12-13,16H2,2-3H3,(H,35,40)/b6-4-,25-9-/t23-,24?,30+/m0/s1. The molecule has 2 amide bonds. The van der Waals surface area contributed by atoms with Gasteiger partial charge in [-0.1, -0.05) is 41.9 Å². The first-order valence-corrected chi connectivity index (χ1v) is 13.6. The Morgan fingerprint density at radius 3 is 2.76 bits per heavy atom. The van der Waals surface area contributed by atoms with E-state index >= 15 is 4.39 Å². The Hall–Kier alpha value is -3.95. The first-order chi connectivity index (χ1) is 19.6.